The summed E-state index contributed by atoms with van der Waals surface area (Å²) in [5.74, 6) is -1.33. The lowest BCUT2D eigenvalue weighted by atomic mass is 10.1. The Morgan fingerprint density at radius 2 is 1.94 bits per heavy atom. The van der Waals surface area contributed by atoms with Crippen molar-refractivity contribution in [3.05, 3.63) is 58.0 Å². The van der Waals surface area contributed by atoms with Crippen LogP contribution in [0.2, 0.25) is 0 Å². The molecule has 1 aromatic carbocycles. The molecular weight excluding hydrogens is 239 g/mol. The van der Waals surface area contributed by atoms with E-state index in [4.69, 9.17) is 5.11 Å². The zero-order valence-electron chi connectivity index (χ0n) is 8.76. The minimum atomic E-state index is -0.989. The Balaban J connectivity index is 2.40. The largest absolute Gasteiger partial charge is 0.478 e. The molecule has 1 heterocycles. The molecule has 0 amide bonds. The zero-order valence-corrected chi connectivity index (χ0v) is 9.58. The van der Waals surface area contributed by atoms with Gasteiger partial charge in [0.25, 0.3) is 0 Å². The predicted molar refractivity (Wildman–Crippen MR) is 66.2 cm³/mol. The van der Waals surface area contributed by atoms with Crippen LogP contribution >= 0.6 is 11.3 Å². The second-order valence-corrected chi connectivity index (χ2v) is 4.34. The maximum absolute atomic E-state index is 12.7. The number of hydrogen-bond acceptors (Lipinski definition) is 2. The van der Waals surface area contributed by atoms with Crippen molar-refractivity contribution in [2.45, 2.75) is 0 Å². The highest BCUT2D eigenvalue weighted by Crippen LogP contribution is 2.23. The van der Waals surface area contributed by atoms with Crippen molar-refractivity contribution in [3.8, 4) is 0 Å². The number of hydrogen-bond donors (Lipinski definition) is 1. The molecule has 1 N–H and O–H groups in total. The fourth-order valence-electron chi connectivity index (χ4n) is 1.40. The Kier molecular flexibility index (Phi) is 3.35. The predicted octanol–water partition coefficient (Wildman–Crippen LogP) is 3.51. The van der Waals surface area contributed by atoms with E-state index >= 15 is 0 Å². The van der Waals surface area contributed by atoms with Crippen LogP contribution in [-0.4, -0.2) is 11.1 Å². The SMILES string of the molecule is O=C(O)/C(=C/c1ccc(F)cc1)c1cccs1. The van der Waals surface area contributed by atoms with Crippen molar-refractivity contribution in [2.75, 3.05) is 0 Å². The molecule has 0 aliphatic rings. The van der Waals surface area contributed by atoms with Crippen molar-refractivity contribution < 1.29 is 14.3 Å². The first-order valence-corrected chi connectivity index (χ1v) is 5.79. The molecular formula is C13H9FO2S. The summed E-state index contributed by atoms with van der Waals surface area (Å²) in [5, 5.41) is 10.9. The topological polar surface area (TPSA) is 37.3 Å². The maximum Gasteiger partial charge on any atom is 0.337 e. The van der Waals surface area contributed by atoms with E-state index < -0.39 is 5.97 Å². The molecule has 17 heavy (non-hydrogen) atoms. The van der Waals surface area contributed by atoms with Crippen LogP contribution in [0.15, 0.2) is 41.8 Å². The molecule has 0 unspecified atom stereocenters. The molecule has 86 valence electrons. The van der Waals surface area contributed by atoms with Crippen molar-refractivity contribution in [2.24, 2.45) is 0 Å². The van der Waals surface area contributed by atoms with Gasteiger partial charge in [-0.25, -0.2) is 9.18 Å². The molecule has 1 aromatic heterocycles. The van der Waals surface area contributed by atoms with Gasteiger partial charge >= 0.3 is 5.97 Å². The van der Waals surface area contributed by atoms with E-state index in [1.54, 1.807) is 24.3 Å². The zero-order chi connectivity index (χ0) is 12.3. The van der Waals surface area contributed by atoms with Crippen LogP contribution in [0.25, 0.3) is 11.6 Å². The first-order chi connectivity index (χ1) is 8.16. The number of halogens is 1. The van der Waals surface area contributed by atoms with Crippen molar-refractivity contribution in [1.82, 2.24) is 0 Å². The van der Waals surface area contributed by atoms with Crippen molar-refractivity contribution >= 4 is 29.0 Å². The summed E-state index contributed by atoms with van der Waals surface area (Å²) in [6, 6.07) is 9.24. The van der Waals surface area contributed by atoms with Crippen LogP contribution in [0.5, 0.6) is 0 Å². The van der Waals surface area contributed by atoms with Gasteiger partial charge in [-0.05, 0) is 35.2 Å². The Labute approximate surface area is 102 Å². The first kappa shape index (κ1) is 11.5. The molecule has 0 radical (unpaired) electrons. The lowest BCUT2D eigenvalue weighted by Crippen LogP contribution is -1.97. The molecule has 0 saturated carbocycles. The molecule has 0 fully saturated rings. The standard InChI is InChI=1S/C13H9FO2S/c14-10-5-3-9(4-6-10)8-11(13(15)16)12-2-1-7-17-12/h1-8H,(H,15,16)/b11-8+. The van der Waals surface area contributed by atoms with Crippen LogP contribution < -0.4 is 0 Å². The number of carbonyl (C=O) groups is 1. The minimum Gasteiger partial charge on any atom is -0.478 e. The lowest BCUT2D eigenvalue weighted by molar-refractivity contribution is -0.130. The number of rotatable bonds is 3. The maximum atomic E-state index is 12.7. The van der Waals surface area contributed by atoms with Gasteiger partial charge in [0.15, 0.2) is 0 Å². The Bertz CT molecular complexity index is 541. The van der Waals surface area contributed by atoms with Crippen molar-refractivity contribution in [3.63, 3.8) is 0 Å². The average Bonchev–Trinajstić information content (AvgIpc) is 2.81. The first-order valence-electron chi connectivity index (χ1n) is 4.91. The van der Waals surface area contributed by atoms with Crippen LogP contribution in [0.1, 0.15) is 10.4 Å². The summed E-state index contributed by atoms with van der Waals surface area (Å²) in [6.45, 7) is 0. The minimum absolute atomic E-state index is 0.214. The van der Waals surface area contributed by atoms with Crippen LogP contribution in [-0.2, 0) is 4.79 Å². The van der Waals surface area contributed by atoms with Gasteiger partial charge in [0.1, 0.15) is 5.82 Å². The number of benzene rings is 1. The fraction of sp³-hybridized carbons (Fsp3) is 0. The third-order valence-corrected chi connectivity index (χ3v) is 3.10. The van der Waals surface area contributed by atoms with E-state index in [1.165, 1.54) is 29.5 Å². The molecule has 0 aliphatic heterocycles. The fourth-order valence-corrected chi connectivity index (χ4v) is 2.13. The molecule has 0 atom stereocenters. The van der Waals surface area contributed by atoms with Crippen molar-refractivity contribution in [1.29, 1.82) is 0 Å². The molecule has 2 aromatic rings. The van der Waals surface area contributed by atoms with E-state index in [-0.39, 0.29) is 11.4 Å². The lowest BCUT2D eigenvalue weighted by Gasteiger charge is -1.99. The molecule has 0 saturated heterocycles. The highest BCUT2D eigenvalue weighted by Gasteiger charge is 2.11. The van der Waals surface area contributed by atoms with Crippen LogP contribution in [0.3, 0.4) is 0 Å². The Morgan fingerprint density at radius 3 is 2.47 bits per heavy atom. The molecule has 2 rings (SSSR count). The highest BCUT2D eigenvalue weighted by atomic mass is 32.1. The summed E-state index contributed by atoms with van der Waals surface area (Å²) >= 11 is 1.36. The van der Waals surface area contributed by atoms with E-state index in [0.717, 1.165) is 0 Å². The highest BCUT2D eigenvalue weighted by molar-refractivity contribution is 7.11. The van der Waals surface area contributed by atoms with Gasteiger partial charge in [-0.1, -0.05) is 18.2 Å². The van der Waals surface area contributed by atoms with Crippen LogP contribution in [0.4, 0.5) is 4.39 Å². The van der Waals surface area contributed by atoms with E-state index in [1.807, 2.05) is 5.38 Å². The number of thiophene rings is 1. The molecule has 4 heteroatoms. The number of carboxylic acid groups (broad SMARTS) is 1. The smallest absolute Gasteiger partial charge is 0.337 e. The van der Waals surface area contributed by atoms with E-state index in [2.05, 4.69) is 0 Å². The normalized spacial score (nSPS) is 11.5. The number of aliphatic carboxylic acids is 1. The number of carboxylic acids is 1. The molecule has 2 nitrogen and oxygen atoms in total. The summed E-state index contributed by atoms with van der Waals surface area (Å²) in [6.07, 6.45) is 1.54. The van der Waals surface area contributed by atoms with Gasteiger partial charge in [-0.15, -0.1) is 11.3 Å². The van der Waals surface area contributed by atoms with Crippen LogP contribution in [0, 0.1) is 5.82 Å². The monoisotopic (exact) mass is 248 g/mol. The third kappa shape index (κ3) is 2.79. The molecule has 0 aliphatic carbocycles. The summed E-state index contributed by atoms with van der Waals surface area (Å²) in [7, 11) is 0. The average molecular weight is 248 g/mol. The van der Waals surface area contributed by atoms with Gasteiger partial charge in [0, 0.05) is 4.88 Å². The Hall–Kier alpha value is -1.94. The quantitative estimate of drug-likeness (QED) is 0.844. The second-order valence-electron chi connectivity index (χ2n) is 3.39. The molecule has 0 bridgehead atoms. The van der Waals surface area contributed by atoms with Gasteiger partial charge in [0.2, 0.25) is 0 Å². The van der Waals surface area contributed by atoms with Gasteiger partial charge < -0.3 is 5.11 Å². The summed E-state index contributed by atoms with van der Waals surface area (Å²) < 4.78 is 12.7. The second kappa shape index (κ2) is 4.93. The third-order valence-electron chi connectivity index (χ3n) is 2.20. The van der Waals surface area contributed by atoms with Gasteiger partial charge in [-0.2, -0.15) is 0 Å². The van der Waals surface area contributed by atoms with Gasteiger partial charge in [0.05, 0.1) is 5.57 Å². The molecule has 0 spiro atoms. The van der Waals surface area contributed by atoms with Gasteiger partial charge in [-0.3, -0.25) is 0 Å². The summed E-state index contributed by atoms with van der Waals surface area (Å²) in [5.41, 5.74) is 0.879. The summed E-state index contributed by atoms with van der Waals surface area (Å²) in [4.78, 5) is 11.8. The van der Waals surface area contributed by atoms with E-state index in [9.17, 15) is 9.18 Å². The van der Waals surface area contributed by atoms with E-state index in [0.29, 0.717) is 10.4 Å². The Morgan fingerprint density at radius 1 is 1.24 bits per heavy atom.